The maximum Gasteiger partial charge on any atom is 0.243 e. The van der Waals surface area contributed by atoms with Gasteiger partial charge in [-0.1, -0.05) is 19.1 Å². The third-order valence-corrected chi connectivity index (χ3v) is 6.33. The van der Waals surface area contributed by atoms with Crippen molar-refractivity contribution in [1.29, 1.82) is 0 Å². The van der Waals surface area contributed by atoms with E-state index in [4.69, 9.17) is 0 Å². The molecule has 0 atom stereocenters. The summed E-state index contributed by atoms with van der Waals surface area (Å²) in [5.41, 5.74) is 1.43. The van der Waals surface area contributed by atoms with Gasteiger partial charge >= 0.3 is 0 Å². The van der Waals surface area contributed by atoms with Gasteiger partial charge in [0.2, 0.25) is 10.0 Å². The second-order valence-corrected chi connectivity index (χ2v) is 7.65. The van der Waals surface area contributed by atoms with E-state index in [1.165, 1.54) is 4.31 Å². The Bertz CT molecular complexity index is 565. The summed E-state index contributed by atoms with van der Waals surface area (Å²) < 4.78 is 27.1. The van der Waals surface area contributed by atoms with Gasteiger partial charge in [-0.3, -0.25) is 0 Å². The summed E-state index contributed by atoms with van der Waals surface area (Å²) >= 11 is 0. The lowest BCUT2D eigenvalue weighted by Crippen LogP contribution is -2.44. The minimum atomic E-state index is -3.47. The maximum atomic E-state index is 12.8. The lowest BCUT2D eigenvalue weighted by Gasteiger charge is -2.34. The molecule has 0 fully saturated rings. The van der Waals surface area contributed by atoms with Crippen molar-refractivity contribution in [2.45, 2.75) is 51.1 Å². The van der Waals surface area contributed by atoms with Crippen LogP contribution in [0.4, 0.5) is 0 Å². The van der Waals surface area contributed by atoms with Crippen molar-refractivity contribution < 1.29 is 8.42 Å². The fraction of sp³-hybridized carbons (Fsp3) is 0.600. The zero-order chi connectivity index (χ0) is 15.6. The molecule has 0 aliphatic rings. The molecular formula is C15H26N2O2S. The van der Waals surface area contributed by atoms with E-state index in [1.54, 1.807) is 19.2 Å². The molecule has 0 heterocycles. The largest absolute Gasteiger partial charge is 0.316 e. The van der Waals surface area contributed by atoms with E-state index in [-0.39, 0.29) is 0 Å². The quantitative estimate of drug-likeness (QED) is 0.878. The molecule has 0 aliphatic carbocycles. The molecule has 0 unspecified atom stereocenters. The SMILES string of the molecule is CCC(C)(C)N(C)S(=O)(=O)c1cccc(CNC)c1C. The van der Waals surface area contributed by atoms with Gasteiger partial charge in [0.15, 0.2) is 0 Å². The molecular weight excluding hydrogens is 272 g/mol. The van der Waals surface area contributed by atoms with Gasteiger partial charge in [-0.15, -0.1) is 0 Å². The van der Waals surface area contributed by atoms with Crippen LogP contribution < -0.4 is 5.32 Å². The summed E-state index contributed by atoms with van der Waals surface area (Å²) in [5.74, 6) is 0. The van der Waals surface area contributed by atoms with Gasteiger partial charge in [-0.2, -0.15) is 4.31 Å². The van der Waals surface area contributed by atoms with Gasteiger partial charge in [0.1, 0.15) is 0 Å². The summed E-state index contributed by atoms with van der Waals surface area (Å²) in [6.07, 6.45) is 0.762. The van der Waals surface area contributed by atoms with Crippen LogP contribution in [0.15, 0.2) is 23.1 Å². The first-order valence-corrected chi connectivity index (χ1v) is 8.34. The highest BCUT2D eigenvalue weighted by atomic mass is 32.2. The molecule has 0 aromatic heterocycles. The predicted octanol–water partition coefficient (Wildman–Crippen LogP) is 2.52. The van der Waals surface area contributed by atoms with E-state index in [9.17, 15) is 8.42 Å². The Hall–Kier alpha value is -0.910. The molecule has 4 nitrogen and oxygen atoms in total. The molecule has 114 valence electrons. The maximum absolute atomic E-state index is 12.8. The fourth-order valence-electron chi connectivity index (χ4n) is 2.02. The Kier molecular flexibility index (Phi) is 5.35. The van der Waals surface area contributed by atoms with Gasteiger partial charge in [-0.05, 0) is 51.4 Å². The lowest BCUT2D eigenvalue weighted by atomic mass is 10.0. The van der Waals surface area contributed by atoms with E-state index >= 15 is 0 Å². The number of nitrogens with zero attached hydrogens (tertiary/aromatic N) is 1. The van der Waals surface area contributed by atoms with Crippen LogP contribution in [0.1, 0.15) is 38.3 Å². The van der Waals surface area contributed by atoms with Crippen LogP contribution in [0.3, 0.4) is 0 Å². The summed E-state index contributed by atoms with van der Waals surface area (Å²) in [7, 11) is 0.0352. The van der Waals surface area contributed by atoms with E-state index in [0.29, 0.717) is 11.4 Å². The van der Waals surface area contributed by atoms with Gasteiger partial charge in [0, 0.05) is 19.1 Å². The third-order valence-electron chi connectivity index (χ3n) is 4.12. The number of nitrogens with one attached hydrogen (secondary N) is 1. The first kappa shape index (κ1) is 17.1. The van der Waals surface area contributed by atoms with E-state index in [1.807, 2.05) is 40.8 Å². The van der Waals surface area contributed by atoms with E-state index in [2.05, 4.69) is 5.32 Å². The molecule has 20 heavy (non-hydrogen) atoms. The zero-order valence-electron chi connectivity index (χ0n) is 13.3. The van der Waals surface area contributed by atoms with Crippen LogP contribution in [0.25, 0.3) is 0 Å². The van der Waals surface area contributed by atoms with E-state index < -0.39 is 15.6 Å². The molecule has 1 aromatic rings. The average Bonchev–Trinajstić information content (AvgIpc) is 2.40. The number of sulfonamides is 1. The predicted molar refractivity (Wildman–Crippen MR) is 83.3 cm³/mol. The second-order valence-electron chi connectivity index (χ2n) is 5.71. The number of rotatable bonds is 6. The number of benzene rings is 1. The number of hydrogen-bond donors (Lipinski definition) is 1. The van der Waals surface area contributed by atoms with Crippen molar-refractivity contribution in [1.82, 2.24) is 9.62 Å². The molecule has 0 bridgehead atoms. The van der Waals surface area contributed by atoms with Crippen LogP contribution in [0.2, 0.25) is 0 Å². The molecule has 1 aromatic carbocycles. The van der Waals surface area contributed by atoms with Crippen LogP contribution in [-0.4, -0.2) is 32.4 Å². The molecule has 0 amide bonds. The highest BCUT2D eigenvalue weighted by molar-refractivity contribution is 7.89. The molecule has 0 radical (unpaired) electrons. The lowest BCUT2D eigenvalue weighted by molar-refractivity contribution is 0.257. The summed E-state index contributed by atoms with van der Waals surface area (Å²) in [4.78, 5) is 0.397. The van der Waals surface area contributed by atoms with Crippen LogP contribution in [0.5, 0.6) is 0 Å². The molecule has 0 saturated carbocycles. The van der Waals surface area contributed by atoms with Crippen LogP contribution >= 0.6 is 0 Å². The first-order chi connectivity index (χ1) is 9.18. The van der Waals surface area contributed by atoms with Crippen molar-refractivity contribution in [3.8, 4) is 0 Å². The van der Waals surface area contributed by atoms with Crippen molar-refractivity contribution in [3.05, 3.63) is 29.3 Å². The molecule has 0 spiro atoms. The topological polar surface area (TPSA) is 49.4 Å². The highest BCUT2D eigenvalue weighted by Crippen LogP contribution is 2.28. The van der Waals surface area contributed by atoms with Crippen molar-refractivity contribution in [2.24, 2.45) is 0 Å². The van der Waals surface area contributed by atoms with Crippen molar-refractivity contribution >= 4 is 10.0 Å². The molecule has 0 saturated heterocycles. The summed E-state index contributed by atoms with van der Waals surface area (Å²) in [6.45, 7) is 8.41. The highest BCUT2D eigenvalue weighted by Gasteiger charge is 2.33. The van der Waals surface area contributed by atoms with Crippen LogP contribution in [-0.2, 0) is 16.6 Å². The minimum absolute atomic E-state index is 0.397. The van der Waals surface area contributed by atoms with E-state index in [0.717, 1.165) is 17.5 Å². The van der Waals surface area contributed by atoms with Gasteiger partial charge in [0.25, 0.3) is 0 Å². The summed E-state index contributed by atoms with van der Waals surface area (Å²) in [6, 6.07) is 5.45. The molecule has 0 aliphatic heterocycles. The molecule has 1 rings (SSSR count). The van der Waals surface area contributed by atoms with Gasteiger partial charge in [0.05, 0.1) is 4.90 Å². The average molecular weight is 298 g/mol. The normalized spacial score (nSPS) is 12.9. The Labute approximate surface area is 123 Å². The van der Waals surface area contributed by atoms with Gasteiger partial charge in [-0.25, -0.2) is 8.42 Å². The molecule has 5 heteroatoms. The zero-order valence-corrected chi connectivity index (χ0v) is 14.1. The van der Waals surface area contributed by atoms with Gasteiger partial charge < -0.3 is 5.32 Å². The third kappa shape index (κ3) is 3.22. The number of hydrogen-bond acceptors (Lipinski definition) is 3. The minimum Gasteiger partial charge on any atom is -0.316 e. The molecule has 1 N–H and O–H groups in total. The van der Waals surface area contributed by atoms with Crippen molar-refractivity contribution in [2.75, 3.05) is 14.1 Å². The smallest absolute Gasteiger partial charge is 0.243 e. The van der Waals surface area contributed by atoms with Crippen LogP contribution in [0, 0.1) is 6.92 Å². The fourth-order valence-corrected chi connectivity index (χ4v) is 3.86. The monoisotopic (exact) mass is 298 g/mol. The second kappa shape index (κ2) is 6.24. The first-order valence-electron chi connectivity index (χ1n) is 6.90. The Morgan fingerprint density at radius 1 is 1.30 bits per heavy atom. The standard InChI is InChI=1S/C15H26N2O2S/c1-7-15(3,4)17(6)20(18,19)14-10-8-9-13(11-16-5)12(14)2/h8-10,16H,7,11H2,1-6H3. The Morgan fingerprint density at radius 3 is 2.40 bits per heavy atom. The summed E-state index contributed by atoms with van der Waals surface area (Å²) in [5, 5.41) is 3.07. The Balaban J connectivity index is 3.33. The Morgan fingerprint density at radius 2 is 1.90 bits per heavy atom. The van der Waals surface area contributed by atoms with Crippen molar-refractivity contribution in [3.63, 3.8) is 0 Å².